The van der Waals surface area contributed by atoms with E-state index in [1.165, 1.54) is 4.57 Å². The van der Waals surface area contributed by atoms with Gasteiger partial charge in [0.2, 0.25) is 5.91 Å². The Kier molecular flexibility index (Phi) is 6.29. The molecule has 2 fully saturated rings. The van der Waals surface area contributed by atoms with Gasteiger partial charge in [-0.1, -0.05) is 0 Å². The smallest absolute Gasteiger partial charge is 0.262 e. The number of nitrogens with zero attached hydrogens (tertiary/aromatic N) is 2. The number of carbonyl (C=O) groups excluding carboxylic acids is 2. The highest BCUT2D eigenvalue weighted by molar-refractivity contribution is 7.71. The van der Waals surface area contributed by atoms with Crippen LogP contribution in [0.25, 0.3) is 10.9 Å². The van der Waals surface area contributed by atoms with Gasteiger partial charge in [-0.2, -0.15) is 0 Å². The van der Waals surface area contributed by atoms with Gasteiger partial charge in [0.05, 0.1) is 17.0 Å². The lowest BCUT2D eigenvalue weighted by Crippen LogP contribution is -2.32. The third-order valence-electron chi connectivity index (χ3n) is 5.74. The number of hydrogen-bond donors (Lipinski definition) is 2. The lowest BCUT2D eigenvalue weighted by atomic mass is 10.1. The molecule has 2 aromatic rings. The van der Waals surface area contributed by atoms with Crippen molar-refractivity contribution in [3.05, 3.63) is 38.9 Å². The van der Waals surface area contributed by atoms with E-state index in [9.17, 15) is 14.4 Å². The van der Waals surface area contributed by atoms with Crippen molar-refractivity contribution in [2.45, 2.75) is 44.8 Å². The van der Waals surface area contributed by atoms with E-state index in [4.69, 9.17) is 17.0 Å². The molecule has 3 heterocycles. The van der Waals surface area contributed by atoms with Crippen molar-refractivity contribution in [2.75, 3.05) is 26.2 Å². The zero-order valence-corrected chi connectivity index (χ0v) is 17.6. The molecular formula is C21H26N4O4S. The molecule has 2 N–H and O–H groups in total. The number of aromatic nitrogens is 2. The third kappa shape index (κ3) is 4.46. The van der Waals surface area contributed by atoms with Crippen LogP contribution in [0, 0.1) is 4.77 Å². The van der Waals surface area contributed by atoms with E-state index >= 15 is 0 Å². The second kappa shape index (κ2) is 9.09. The fraction of sp³-hybridized carbons (Fsp3) is 0.524. The Morgan fingerprint density at radius 1 is 1.27 bits per heavy atom. The van der Waals surface area contributed by atoms with Crippen molar-refractivity contribution in [1.82, 2.24) is 19.8 Å². The minimum absolute atomic E-state index is 0.0725. The van der Waals surface area contributed by atoms with Crippen molar-refractivity contribution < 1.29 is 14.3 Å². The van der Waals surface area contributed by atoms with Crippen LogP contribution in [0.1, 0.15) is 42.5 Å². The number of ether oxygens (including phenoxy) is 1. The lowest BCUT2D eigenvalue weighted by Gasteiger charge is -2.16. The molecule has 8 nitrogen and oxygen atoms in total. The summed E-state index contributed by atoms with van der Waals surface area (Å²) in [7, 11) is 0. The van der Waals surface area contributed by atoms with Gasteiger partial charge in [-0.15, -0.1) is 0 Å². The van der Waals surface area contributed by atoms with Gasteiger partial charge in [-0.05, 0) is 56.1 Å². The molecule has 30 heavy (non-hydrogen) atoms. The minimum Gasteiger partial charge on any atom is -0.376 e. The summed E-state index contributed by atoms with van der Waals surface area (Å²) in [5, 5.41) is 3.37. The summed E-state index contributed by atoms with van der Waals surface area (Å²) >= 11 is 5.38. The molecule has 1 atom stereocenters. The molecule has 2 amide bonds. The van der Waals surface area contributed by atoms with E-state index in [1.807, 2.05) is 4.90 Å². The van der Waals surface area contributed by atoms with Crippen LogP contribution >= 0.6 is 12.2 Å². The van der Waals surface area contributed by atoms with E-state index in [2.05, 4.69) is 10.3 Å². The first-order valence-corrected chi connectivity index (χ1v) is 10.9. The first-order valence-electron chi connectivity index (χ1n) is 10.5. The van der Waals surface area contributed by atoms with E-state index < -0.39 is 0 Å². The highest BCUT2D eigenvalue weighted by Gasteiger charge is 2.20. The van der Waals surface area contributed by atoms with Crippen molar-refractivity contribution >= 4 is 34.9 Å². The van der Waals surface area contributed by atoms with Gasteiger partial charge in [0.1, 0.15) is 0 Å². The first-order chi connectivity index (χ1) is 14.5. The summed E-state index contributed by atoms with van der Waals surface area (Å²) in [6.07, 6.45) is 4.23. The molecule has 0 unspecified atom stereocenters. The van der Waals surface area contributed by atoms with E-state index in [-0.39, 0.29) is 23.5 Å². The van der Waals surface area contributed by atoms with Crippen LogP contribution in [0.3, 0.4) is 0 Å². The second-order valence-corrected chi connectivity index (χ2v) is 8.22. The number of benzene rings is 1. The molecule has 1 aromatic carbocycles. The van der Waals surface area contributed by atoms with E-state index in [0.717, 1.165) is 32.4 Å². The quantitative estimate of drug-likeness (QED) is 0.655. The third-order valence-corrected chi connectivity index (χ3v) is 6.06. The van der Waals surface area contributed by atoms with Crippen LogP contribution in [0.4, 0.5) is 0 Å². The molecule has 0 aliphatic carbocycles. The number of rotatable bonds is 7. The van der Waals surface area contributed by atoms with Gasteiger partial charge in [-0.25, -0.2) is 0 Å². The number of aromatic amines is 1. The van der Waals surface area contributed by atoms with E-state index in [1.54, 1.807) is 18.2 Å². The highest BCUT2D eigenvalue weighted by Crippen LogP contribution is 2.14. The number of nitrogens with one attached hydrogen (secondary N) is 2. The van der Waals surface area contributed by atoms with Crippen molar-refractivity contribution in [3.8, 4) is 0 Å². The van der Waals surface area contributed by atoms with Gasteiger partial charge in [0.15, 0.2) is 4.77 Å². The van der Waals surface area contributed by atoms with Crippen LogP contribution in [0.2, 0.25) is 0 Å². The van der Waals surface area contributed by atoms with Gasteiger partial charge in [-0.3, -0.25) is 19.0 Å². The summed E-state index contributed by atoms with van der Waals surface area (Å²) in [6, 6.07) is 4.97. The normalized spacial score (nSPS) is 19.0. The van der Waals surface area contributed by atoms with Gasteiger partial charge >= 0.3 is 0 Å². The number of amides is 2. The van der Waals surface area contributed by atoms with Crippen LogP contribution in [-0.2, 0) is 16.1 Å². The molecule has 2 saturated heterocycles. The Morgan fingerprint density at radius 3 is 2.87 bits per heavy atom. The van der Waals surface area contributed by atoms with Crippen LogP contribution in [0.15, 0.2) is 23.0 Å². The molecule has 2 aliphatic rings. The predicted molar refractivity (Wildman–Crippen MR) is 115 cm³/mol. The van der Waals surface area contributed by atoms with Gasteiger partial charge < -0.3 is 19.9 Å². The molecular weight excluding hydrogens is 404 g/mol. The Morgan fingerprint density at radius 2 is 2.13 bits per heavy atom. The Hall–Kier alpha value is -2.52. The number of likely N-dealkylation sites (tertiary alicyclic amines) is 1. The Balaban J connectivity index is 1.46. The van der Waals surface area contributed by atoms with Crippen LogP contribution in [0.5, 0.6) is 0 Å². The topological polar surface area (TPSA) is 96.4 Å². The van der Waals surface area contributed by atoms with Crippen LogP contribution in [-0.4, -0.2) is 58.6 Å². The summed E-state index contributed by atoms with van der Waals surface area (Å²) < 4.78 is 7.36. The maximum absolute atomic E-state index is 12.9. The summed E-state index contributed by atoms with van der Waals surface area (Å²) in [6.45, 7) is 3.08. The summed E-state index contributed by atoms with van der Waals surface area (Å²) in [4.78, 5) is 42.0. The molecule has 0 radical (unpaired) electrons. The fourth-order valence-electron chi connectivity index (χ4n) is 4.07. The molecule has 0 spiro atoms. The molecule has 0 bridgehead atoms. The van der Waals surface area contributed by atoms with Crippen LogP contribution < -0.4 is 10.9 Å². The Labute approximate surface area is 179 Å². The number of hydrogen-bond acceptors (Lipinski definition) is 5. The molecule has 2 aliphatic heterocycles. The molecule has 0 saturated carbocycles. The second-order valence-electron chi connectivity index (χ2n) is 7.83. The van der Waals surface area contributed by atoms with Crippen molar-refractivity contribution in [2.24, 2.45) is 0 Å². The maximum atomic E-state index is 12.9. The SMILES string of the molecule is O=C(NC[C@@H]1CCCO1)c1ccc2c(=O)n(CCCN3CCCC3=O)c(=S)[nH]c2c1. The standard InChI is InChI=1S/C21H26N4O4S/c26-18-5-1-8-24(18)9-3-10-25-20(28)16-7-6-14(12-17(16)23-21(25)30)19(27)22-13-15-4-2-11-29-15/h6-7,12,15H,1-5,8-11,13H2,(H,22,27)(H,23,30)/t15-/m0/s1. The molecule has 4 rings (SSSR count). The largest absolute Gasteiger partial charge is 0.376 e. The highest BCUT2D eigenvalue weighted by atomic mass is 32.1. The first kappa shape index (κ1) is 20.7. The van der Waals surface area contributed by atoms with Crippen molar-refractivity contribution in [1.29, 1.82) is 0 Å². The predicted octanol–water partition coefficient (Wildman–Crippen LogP) is 1.98. The maximum Gasteiger partial charge on any atom is 0.262 e. The molecule has 9 heteroatoms. The number of H-pyrrole nitrogens is 1. The Bertz CT molecular complexity index is 1070. The lowest BCUT2D eigenvalue weighted by molar-refractivity contribution is -0.127. The van der Waals surface area contributed by atoms with Gasteiger partial charge in [0.25, 0.3) is 11.5 Å². The number of fused-ring (bicyclic) bond motifs is 1. The number of carbonyl (C=O) groups is 2. The zero-order chi connectivity index (χ0) is 21.1. The van der Waals surface area contributed by atoms with Gasteiger partial charge in [0, 0.05) is 44.8 Å². The molecule has 1 aromatic heterocycles. The summed E-state index contributed by atoms with van der Waals surface area (Å²) in [5.74, 6) is -0.0255. The summed E-state index contributed by atoms with van der Waals surface area (Å²) in [5.41, 5.74) is 0.824. The van der Waals surface area contributed by atoms with Crippen molar-refractivity contribution in [3.63, 3.8) is 0 Å². The monoisotopic (exact) mass is 430 g/mol. The average molecular weight is 431 g/mol. The minimum atomic E-state index is -0.203. The average Bonchev–Trinajstić information content (AvgIpc) is 3.40. The zero-order valence-electron chi connectivity index (χ0n) is 16.8. The fourth-order valence-corrected chi connectivity index (χ4v) is 4.36. The van der Waals surface area contributed by atoms with E-state index in [0.29, 0.717) is 53.7 Å². The molecule has 160 valence electrons.